The highest BCUT2D eigenvalue weighted by molar-refractivity contribution is 5.49. The van der Waals surface area contributed by atoms with Gasteiger partial charge in [-0.05, 0) is 12.5 Å². The van der Waals surface area contributed by atoms with Crippen LogP contribution in [-0.4, -0.2) is 4.98 Å². The molecule has 0 atom stereocenters. The topological polar surface area (TPSA) is 60.2 Å². The molecule has 0 bridgehead atoms. The quantitative estimate of drug-likeness (QED) is 0.348. The summed E-state index contributed by atoms with van der Waals surface area (Å²) in [6, 6.07) is 1.66. The lowest BCUT2D eigenvalue weighted by molar-refractivity contribution is 0.431. The number of hydrazine groups is 1. The van der Waals surface area contributed by atoms with Gasteiger partial charge >= 0.3 is 0 Å². The Morgan fingerprint density at radius 3 is 3.06 bits per heavy atom. The second kappa shape index (κ2) is 5.87. The van der Waals surface area contributed by atoms with Crippen molar-refractivity contribution >= 4 is 5.69 Å². The van der Waals surface area contributed by atoms with E-state index in [9.17, 15) is 4.39 Å². The van der Waals surface area contributed by atoms with Crippen LogP contribution in [0.25, 0.3) is 0 Å². The molecular weight excluding hydrogens is 209 g/mol. The van der Waals surface area contributed by atoms with Crippen LogP contribution in [0.1, 0.15) is 12.0 Å². The fourth-order valence-electron chi connectivity index (χ4n) is 1.06. The Morgan fingerprint density at radius 1 is 1.75 bits per heavy atom. The number of hydrogen-bond donors (Lipinski definition) is 2. The van der Waals surface area contributed by atoms with Gasteiger partial charge in [-0.3, -0.25) is 5.84 Å². The summed E-state index contributed by atoms with van der Waals surface area (Å²) in [7, 11) is 0. The Bertz CT molecular complexity index is 404. The van der Waals surface area contributed by atoms with Crippen molar-refractivity contribution in [1.82, 2.24) is 4.98 Å². The minimum atomic E-state index is -0.407. The number of ether oxygens (including phenoxy) is 1. The lowest BCUT2D eigenvalue weighted by Crippen LogP contribution is -2.08. The minimum absolute atomic E-state index is 0.140. The molecular formula is C11H14FN3O. The number of halogens is 1. The molecule has 0 radical (unpaired) electrons. The molecule has 0 saturated heterocycles. The van der Waals surface area contributed by atoms with Crippen molar-refractivity contribution in [3.05, 3.63) is 42.6 Å². The first-order valence-corrected chi connectivity index (χ1v) is 4.72. The monoisotopic (exact) mass is 223 g/mol. The van der Waals surface area contributed by atoms with Crippen LogP contribution < -0.4 is 16.0 Å². The first kappa shape index (κ1) is 12.2. The third kappa shape index (κ3) is 3.36. The van der Waals surface area contributed by atoms with Crippen LogP contribution in [0.5, 0.6) is 5.88 Å². The number of nitrogens with zero attached hydrogens (tertiary/aromatic N) is 1. The molecule has 0 aliphatic rings. The normalized spacial score (nSPS) is 11.1. The number of hydrogen-bond acceptors (Lipinski definition) is 4. The summed E-state index contributed by atoms with van der Waals surface area (Å²) in [5.41, 5.74) is 4.05. The van der Waals surface area contributed by atoms with Crippen molar-refractivity contribution in [2.24, 2.45) is 5.84 Å². The summed E-state index contributed by atoms with van der Waals surface area (Å²) < 4.78 is 18.0. The smallest absolute Gasteiger partial charge is 0.218 e. The highest BCUT2D eigenvalue weighted by Gasteiger charge is 2.00. The Balaban J connectivity index is 2.72. The second-order valence-corrected chi connectivity index (χ2v) is 3.16. The lowest BCUT2D eigenvalue weighted by Gasteiger charge is -2.05. The summed E-state index contributed by atoms with van der Waals surface area (Å²) in [4.78, 5) is 3.94. The average Bonchev–Trinajstić information content (AvgIpc) is 2.27. The summed E-state index contributed by atoms with van der Waals surface area (Å²) in [5.74, 6) is 5.16. The third-order valence-electron chi connectivity index (χ3n) is 1.89. The van der Waals surface area contributed by atoms with E-state index in [2.05, 4.69) is 17.0 Å². The van der Waals surface area contributed by atoms with Gasteiger partial charge in [-0.1, -0.05) is 6.08 Å². The molecule has 0 fully saturated rings. The van der Waals surface area contributed by atoms with E-state index in [1.165, 1.54) is 12.3 Å². The van der Waals surface area contributed by atoms with Crippen LogP contribution in [-0.2, 0) is 0 Å². The van der Waals surface area contributed by atoms with E-state index in [4.69, 9.17) is 10.6 Å². The number of nitrogens with one attached hydrogen (secondary N) is 1. The number of aromatic nitrogens is 1. The molecule has 0 aliphatic heterocycles. The predicted molar refractivity (Wildman–Crippen MR) is 61.4 cm³/mol. The maximum Gasteiger partial charge on any atom is 0.218 e. The fraction of sp³-hybridized carbons (Fsp3) is 0.182. The number of nitrogens with two attached hydrogens (primary N) is 1. The van der Waals surface area contributed by atoms with E-state index in [0.717, 1.165) is 11.8 Å². The fourth-order valence-corrected chi connectivity index (χ4v) is 1.06. The molecule has 1 heterocycles. The van der Waals surface area contributed by atoms with Crippen molar-refractivity contribution in [2.75, 3.05) is 5.43 Å². The number of pyridine rings is 1. The largest absolute Gasteiger partial charge is 0.444 e. The van der Waals surface area contributed by atoms with Crippen molar-refractivity contribution in [3.8, 4) is 5.88 Å². The highest BCUT2D eigenvalue weighted by Crippen LogP contribution is 2.17. The molecule has 0 saturated carbocycles. The van der Waals surface area contributed by atoms with Gasteiger partial charge in [-0.2, -0.15) is 0 Å². The van der Waals surface area contributed by atoms with E-state index in [0.29, 0.717) is 11.6 Å². The Labute approximate surface area is 93.6 Å². The van der Waals surface area contributed by atoms with Crippen LogP contribution in [0, 0.1) is 6.92 Å². The third-order valence-corrected chi connectivity index (χ3v) is 1.89. The molecule has 4 nitrogen and oxygen atoms in total. The molecule has 0 spiro atoms. The molecule has 5 heteroatoms. The zero-order valence-corrected chi connectivity index (χ0v) is 9.03. The summed E-state index contributed by atoms with van der Waals surface area (Å²) in [6.45, 7) is 5.26. The second-order valence-electron chi connectivity index (χ2n) is 3.16. The van der Waals surface area contributed by atoms with Gasteiger partial charge in [0, 0.05) is 12.5 Å². The van der Waals surface area contributed by atoms with E-state index in [1.54, 1.807) is 6.07 Å². The Hall–Kier alpha value is -1.88. The molecule has 86 valence electrons. The molecule has 1 aromatic rings. The maximum atomic E-state index is 12.9. The summed E-state index contributed by atoms with van der Waals surface area (Å²) >= 11 is 0. The van der Waals surface area contributed by atoms with Gasteiger partial charge in [-0.15, -0.1) is 6.58 Å². The standard InChI is InChI=1S/C11H14FN3O/c1-3-4-9(12)7-16-11-5-8(2)10(15-13)6-14-11/h3,5-7,15H,1,4,13H2,2H3/b9-7-. The van der Waals surface area contributed by atoms with Crippen LogP contribution in [0.15, 0.2) is 37.0 Å². The van der Waals surface area contributed by atoms with Gasteiger partial charge in [0.25, 0.3) is 0 Å². The van der Waals surface area contributed by atoms with E-state index in [-0.39, 0.29) is 6.42 Å². The molecule has 0 aromatic carbocycles. The van der Waals surface area contributed by atoms with Gasteiger partial charge in [0.05, 0.1) is 11.9 Å². The molecule has 3 N–H and O–H groups in total. The average molecular weight is 223 g/mol. The van der Waals surface area contributed by atoms with Crippen molar-refractivity contribution in [3.63, 3.8) is 0 Å². The SMILES string of the molecule is C=CC/C(F)=C/Oc1cc(C)c(NN)cn1. The maximum absolute atomic E-state index is 12.9. The lowest BCUT2D eigenvalue weighted by atomic mass is 10.2. The summed E-state index contributed by atoms with van der Waals surface area (Å²) in [6.07, 6.45) is 4.12. The first-order chi connectivity index (χ1) is 7.67. The minimum Gasteiger partial charge on any atom is -0.444 e. The van der Waals surface area contributed by atoms with Gasteiger partial charge in [-0.25, -0.2) is 9.37 Å². The van der Waals surface area contributed by atoms with Crippen LogP contribution in [0.2, 0.25) is 0 Å². The van der Waals surface area contributed by atoms with Crippen LogP contribution in [0.3, 0.4) is 0 Å². The Kier molecular flexibility index (Phi) is 4.47. The molecule has 0 amide bonds. The van der Waals surface area contributed by atoms with Gasteiger partial charge in [0.1, 0.15) is 12.1 Å². The number of rotatable bonds is 5. The zero-order chi connectivity index (χ0) is 12.0. The van der Waals surface area contributed by atoms with E-state index >= 15 is 0 Å². The Morgan fingerprint density at radius 2 is 2.50 bits per heavy atom. The molecule has 1 rings (SSSR count). The molecule has 0 unspecified atom stereocenters. The number of allylic oxidation sites excluding steroid dienone is 2. The molecule has 0 aliphatic carbocycles. The van der Waals surface area contributed by atoms with Crippen molar-refractivity contribution in [1.29, 1.82) is 0 Å². The molecule has 16 heavy (non-hydrogen) atoms. The predicted octanol–water partition coefficient (Wildman–Crippen LogP) is 2.44. The van der Waals surface area contributed by atoms with E-state index < -0.39 is 5.83 Å². The van der Waals surface area contributed by atoms with Crippen molar-refractivity contribution < 1.29 is 9.13 Å². The zero-order valence-electron chi connectivity index (χ0n) is 9.03. The summed E-state index contributed by atoms with van der Waals surface area (Å²) in [5, 5.41) is 0. The van der Waals surface area contributed by atoms with Crippen LogP contribution in [0.4, 0.5) is 10.1 Å². The van der Waals surface area contributed by atoms with E-state index in [1.807, 2.05) is 6.92 Å². The van der Waals surface area contributed by atoms with Crippen LogP contribution >= 0.6 is 0 Å². The van der Waals surface area contributed by atoms with Gasteiger partial charge < -0.3 is 10.2 Å². The number of aryl methyl sites for hydroxylation is 1. The number of anilines is 1. The molecule has 1 aromatic heterocycles. The highest BCUT2D eigenvalue weighted by atomic mass is 19.1. The van der Waals surface area contributed by atoms with Gasteiger partial charge in [0.15, 0.2) is 0 Å². The van der Waals surface area contributed by atoms with Gasteiger partial charge in [0.2, 0.25) is 5.88 Å². The first-order valence-electron chi connectivity index (χ1n) is 4.72. The number of nitrogen functional groups attached to an aromatic ring is 1. The van der Waals surface area contributed by atoms with Crippen molar-refractivity contribution in [2.45, 2.75) is 13.3 Å².